The first kappa shape index (κ1) is 8.87. The Bertz CT molecular complexity index is 140. The predicted molar refractivity (Wildman–Crippen MR) is 36.8 cm³/mol. The highest BCUT2D eigenvalue weighted by Crippen LogP contribution is 1.82. The van der Waals surface area contributed by atoms with Gasteiger partial charge in [-0.05, 0) is 7.05 Å². The van der Waals surface area contributed by atoms with Gasteiger partial charge in [0.05, 0.1) is 11.6 Å². The fraction of sp³-hybridized carbons (Fsp3) is 1.00. The van der Waals surface area contributed by atoms with E-state index < -0.39 is 9.84 Å². The summed E-state index contributed by atoms with van der Waals surface area (Å²) in [6, 6.07) is 0. The van der Waals surface area contributed by atoms with Crippen LogP contribution in [-0.2, 0) is 9.84 Å². The van der Waals surface area contributed by atoms with Crippen molar-refractivity contribution in [3.63, 3.8) is 0 Å². The van der Waals surface area contributed by atoms with E-state index in [0.29, 0.717) is 0 Å². The highest BCUT2D eigenvalue weighted by atomic mass is 32.2. The van der Waals surface area contributed by atoms with Crippen molar-refractivity contribution in [1.29, 1.82) is 0 Å². The van der Waals surface area contributed by atoms with Gasteiger partial charge in [0.15, 0.2) is 9.84 Å². The van der Waals surface area contributed by atoms with Crippen LogP contribution in [0.5, 0.6) is 0 Å². The van der Waals surface area contributed by atoms with Crippen LogP contribution in [0.3, 0.4) is 0 Å². The van der Waals surface area contributed by atoms with Gasteiger partial charge in [0.1, 0.15) is 0 Å². The Morgan fingerprint density at radius 1 is 1.56 bits per heavy atom. The molecule has 0 amide bonds. The average molecular weight is 152 g/mol. The van der Waals surface area contributed by atoms with Crippen molar-refractivity contribution in [2.45, 2.75) is 0 Å². The third-order valence-electron chi connectivity index (χ3n) is 0.793. The van der Waals surface area contributed by atoms with Gasteiger partial charge >= 0.3 is 0 Å². The van der Waals surface area contributed by atoms with Crippen LogP contribution >= 0.6 is 0 Å². The Hall–Kier alpha value is -0.130. The molecule has 0 unspecified atom stereocenters. The lowest BCUT2D eigenvalue weighted by Crippen LogP contribution is -2.25. The van der Waals surface area contributed by atoms with Crippen molar-refractivity contribution < 1.29 is 8.42 Å². The van der Waals surface area contributed by atoms with E-state index in [4.69, 9.17) is 5.73 Å². The molecule has 0 atom stereocenters. The van der Waals surface area contributed by atoms with E-state index >= 15 is 0 Å². The highest BCUT2D eigenvalue weighted by Gasteiger charge is 2.05. The topological polar surface area (TPSA) is 72.2 Å². The summed E-state index contributed by atoms with van der Waals surface area (Å²) in [4.78, 5) is 0. The third kappa shape index (κ3) is 4.38. The zero-order chi connectivity index (χ0) is 7.33. The van der Waals surface area contributed by atoms with Gasteiger partial charge in [0.25, 0.3) is 0 Å². The zero-order valence-corrected chi connectivity index (χ0v) is 6.24. The van der Waals surface area contributed by atoms with Crippen molar-refractivity contribution >= 4 is 9.84 Å². The molecule has 4 nitrogen and oxygen atoms in total. The molecule has 3 N–H and O–H groups in total. The summed E-state index contributed by atoms with van der Waals surface area (Å²) in [6.45, 7) is 0.198. The van der Waals surface area contributed by atoms with Crippen molar-refractivity contribution in [2.24, 2.45) is 5.73 Å². The van der Waals surface area contributed by atoms with Gasteiger partial charge in [0, 0.05) is 6.54 Å². The molecule has 0 saturated carbocycles. The third-order valence-corrected chi connectivity index (χ3v) is 2.38. The molecule has 0 aliphatic rings. The quantitative estimate of drug-likeness (QED) is 0.516. The molecular weight excluding hydrogens is 140 g/mol. The first-order valence-electron chi connectivity index (χ1n) is 2.67. The van der Waals surface area contributed by atoms with E-state index in [0.717, 1.165) is 0 Å². The maximum atomic E-state index is 10.7. The maximum Gasteiger partial charge on any atom is 0.164 e. The summed E-state index contributed by atoms with van der Waals surface area (Å²) in [6.07, 6.45) is 0. The Morgan fingerprint density at radius 2 is 2.11 bits per heavy atom. The van der Waals surface area contributed by atoms with E-state index in [1.54, 1.807) is 7.05 Å². The van der Waals surface area contributed by atoms with E-state index in [2.05, 4.69) is 5.32 Å². The fourth-order valence-corrected chi connectivity index (χ4v) is 1.41. The van der Waals surface area contributed by atoms with Crippen molar-refractivity contribution in [2.75, 3.05) is 25.2 Å². The Balaban J connectivity index is 3.73. The molecule has 0 spiro atoms. The number of sulfone groups is 1. The van der Waals surface area contributed by atoms with Crippen LogP contribution in [0.4, 0.5) is 0 Å². The van der Waals surface area contributed by atoms with Crippen LogP contribution in [0.15, 0.2) is 0 Å². The Kier molecular flexibility index (Phi) is 3.76. The molecule has 0 radical (unpaired) electrons. The standard InChI is InChI=1S/C4H12N2O2S/c1-6-4-9(7,8)3-2-5/h6H,2-5H2,1H3. The van der Waals surface area contributed by atoms with Gasteiger partial charge < -0.3 is 11.1 Å². The second-order valence-electron chi connectivity index (χ2n) is 1.73. The molecule has 0 fully saturated rings. The van der Waals surface area contributed by atoms with Crippen molar-refractivity contribution in [3.8, 4) is 0 Å². The summed E-state index contributed by atoms with van der Waals surface area (Å²) in [5, 5.41) is 2.55. The molecule has 0 aromatic rings. The van der Waals surface area contributed by atoms with Crippen LogP contribution in [0.2, 0.25) is 0 Å². The lowest BCUT2D eigenvalue weighted by Gasteiger charge is -1.98. The van der Waals surface area contributed by atoms with Gasteiger partial charge in [-0.25, -0.2) is 8.42 Å². The summed E-state index contributed by atoms with van der Waals surface area (Å²) in [5.74, 6) is 0.0814. The molecule has 56 valence electrons. The first-order valence-corrected chi connectivity index (χ1v) is 4.49. The zero-order valence-electron chi connectivity index (χ0n) is 5.42. The molecule has 0 aliphatic heterocycles. The molecule has 0 aromatic carbocycles. The highest BCUT2D eigenvalue weighted by molar-refractivity contribution is 7.91. The van der Waals surface area contributed by atoms with E-state index in [9.17, 15) is 8.42 Å². The second-order valence-corrected chi connectivity index (χ2v) is 3.92. The lowest BCUT2D eigenvalue weighted by atomic mass is 10.8. The smallest absolute Gasteiger partial charge is 0.164 e. The fourth-order valence-electron chi connectivity index (χ4n) is 0.472. The Morgan fingerprint density at radius 3 is 2.44 bits per heavy atom. The molecule has 0 saturated heterocycles. The first-order chi connectivity index (χ1) is 4.12. The van der Waals surface area contributed by atoms with Crippen LogP contribution in [-0.4, -0.2) is 33.6 Å². The van der Waals surface area contributed by atoms with Gasteiger partial charge in [-0.1, -0.05) is 0 Å². The minimum absolute atomic E-state index is 0.0181. The normalized spacial score (nSPS) is 11.8. The molecule has 0 bridgehead atoms. The van der Waals surface area contributed by atoms with Gasteiger partial charge in [-0.3, -0.25) is 0 Å². The van der Waals surface area contributed by atoms with Crippen LogP contribution in [0, 0.1) is 0 Å². The maximum absolute atomic E-state index is 10.7. The Labute approximate surface area is 55.3 Å². The number of nitrogens with one attached hydrogen (secondary N) is 1. The summed E-state index contributed by atoms with van der Waals surface area (Å²) in [7, 11) is -1.33. The number of nitrogens with two attached hydrogens (primary N) is 1. The molecule has 9 heavy (non-hydrogen) atoms. The van der Waals surface area contributed by atoms with E-state index in [-0.39, 0.29) is 18.2 Å². The minimum Gasteiger partial charge on any atom is -0.329 e. The molecule has 0 aromatic heterocycles. The summed E-state index contributed by atoms with van der Waals surface area (Å²) in [5.41, 5.74) is 5.04. The summed E-state index contributed by atoms with van der Waals surface area (Å²) < 4.78 is 21.4. The SMILES string of the molecule is CNCS(=O)(=O)CCN. The van der Waals surface area contributed by atoms with Crippen molar-refractivity contribution in [1.82, 2.24) is 5.32 Å². The molecule has 0 aliphatic carbocycles. The molecule has 0 heterocycles. The molecular formula is C4H12N2O2S. The lowest BCUT2D eigenvalue weighted by molar-refractivity contribution is 0.591. The predicted octanol–water partition coefficient (Wildman–Crippen LogP) is -1.46. The second kappa shape index (κ2) is 3.81. The largest absolute Gasteiger partial charge is 0.329 e. The van der Waals surface area contributed by atoms with Crippen LogP contribution in [0.1, 0.15) is 0 Å². The minimum atomic E-state index is -2.92. The van der Waals surface area contributed by atoms with Gasteiger partial charge in [-0.2, -0.15) is 0 Å². The number of hydrogen-bond acceptors (Lipinski definition) is 4. The van der Waals surface area contributed by atoms with Crippen molar-refractivity contribution in [3.05, 3.63) is 0 Å². The monoisotopic (exact) mass is 152 g/mol. The summed E-state index contributed by atoms with van der Waals surface area (Å²) >= 11 is 0. The van der Waals surface area contributed by atoms with Gasteiger partial charge in [-0.15, -0.1) is 0 Å². The van der Waals surface area contributed by atoms with Crippen LogP contribution in [0.25, 0.3) is 0 Å². The number of rotatable bonds is 4. The molecule has 0 rings (SSSR count). The van der Waals surface area contributed by atoms with Crippen LogP contribution < -0.4 is 11.1 Å². The van der Waals surface area contributed by atoms with E-state index in [1.165, 1.54) is 0 Å². The molecule has 5 heteroatoms. The number of hydrogen-bond donors (Lipinski definition) is 2. The van der Waals surface area contributed by atoms with Gasteiger partial charge in [0.2, 0.25) is 0 Å². The van der Waals surface area contributed by atoms with E-state index in [1.807, 2.05) is 0 Å². The average Bonchev–Trinajstić information content (AvgIpc) is 1.64.